The molecule has 2 rings (SSSR count). The van der Waals surface area contributed by atoms with Gasteiger partial charge in [0.2, 0.25) is 0 Å². The zero-order valence-corrected chi connectivity index (χ0v) is 11.0. The van der Waals surface area contributed by atoms with Crippen molar-refractivity contribution in [1.29, 1.82) is 0 Å². The molecule has 0 amide bonds. The van der Waals surface area contributed by atoms with Gasteiger partial charge in [0, 0.05) is 25.5 Å². The van der Waals surface area contributed by atoms with Crippen molar-refractivity contribution in [2.45, 2.75) is 44.2 Å². The molecule has 1 heterocycles. The molecule has 1 aliphatic rings. The number of hydrogen-bond donors (Lipinski definition) is 1. The van der Waals surface area contributed by atoms with Crippen molar-refractivity contribution in [1.82, 2.24) is 10.3 Å². The fourth-order valence-corrected chi connectivity index (χ4v) is 2.64. The van der Waals surface area contributed by atoms with Crippen molar-refractivity contribution in [3.8, 4) is 0 Å². The van der Waals surface area contributed by atoms with E-state index in [-0.39, 0.29) is 5.60 Å². The molecule has 0 aromatic carbocycles. The van der Waals surface area contributed by atoms with Gasteiger partial charge in [0.1, 0.15) is 0 Å². The van der Waals surface area contributed by atoms with Crippen molar-refractivity contribution >= 4 is 0 Å². The topological polar surface area (TPSA) is 34.1 Å². The number of ether oxygens (including phenoxy) is 1. The number of nitrogens with one attached hydrogen (secondary N) is 1. The van der Waals surface area contributed by atoms with Crippen LogP contribution >= 0.6 is 0 Å². The molecular weight excluding hydrogens is 212 g/mol. The van der Waals surface area contributed by atoms with Gasteiger partial charge in [0.05, 0.1) is 5.60 Å². The van der Waals surface area contributed by atoms with Gasteiger partial charge in [-0.15, -0.1) is 0 Å². The molecule has 1 unspecified atom stereocenters. The molecule has 1 saturated carbocycles. The predicted molar refractivity (Wildman–Crippen MR) is 69.0 cm³/mol. The average molecular weight is 234 g/mol. The Bertz CT molecular complexity index is 369. The molecule has 94 valence electrons. The highest BCUT2D eigenvalue weighted by molar-refractivity contribution is 5.25. The quantitative estimate of drug-likeness (QED) is 0.850. The van der Waals surface area contributed by atoms with E-state index in [0.29, 0.717) is 6.04 Å². The average Bonchev–Trinajstić information content (AvgIpc) is 2.30. The van der Waals surface area contributed by atoms with Gasteiger partial charge >= 0.3 is 0 Å². The van der Waals surface area contributed by atoms with Gasteiger partial charge < -0.3 is 10.1 Å². The predicted octanol–water partition coefficient (Wildman–Crippen LogP) is 2.61. The fraction of sp³-hybridized carbons (Fsp3) is 0.643. The molecule has 3 heteroatoms. The third kappa shape index (κ3) is 2.50. The van der Waals surface area contributed by atoms with Crippen LogP contribution in [0, 0.1) is 6.92 Å². The van der Waals surface area contributed by atoms with Crippen LogP contribution in [0.15, 0.2) is 18.5 Å². The molecule has 0 radical (unpaired) electrons. The van der Waals surface area contributed by atoms with E-state index < -0.39 is 0 Å². The number of methoxy groups -OCH3 is 1. The highest BCUT2D eigenvalue weighted by Gasteiger charge is 2.39. The number of hydrogen-bond acceptors (Lipinski definition) is 3. The van der Waals surface area contributed by atoms with Crippen LogP contribution in [0.3, 0.4) is 0 Å². The first-order valence-electron chi connectivity index (χ1n) is 6.34. The standard InChI is InChI=1S/C14H22N2O/c1-11-5-8-16-10-12(11)13(15-2)9-14(17-3)6-4-7-14/h5,8,10,13,15H,4,6-7,9H2,1-3H3. The number of nitrogens with zero attached hydrogens (tertiary/aromatic N) is 1. The highest BCUT2D eigenvalue weighted by atomic mass is 16.5. The molecule has 0 bridgehead atoms. The second-order valence-electron chi connectivity index (χ2n) is 5.02. The Kier molecular flexibility index (Phi) is 3.79. The number of pyridine rings is 1. The van der Waals surface area contributed by atoms with Crippen LogP contribution in [0.5, 0.6) is 0 Å². The van der Waals surface area contributed by atoms with Gasteiger partial charge in [0.25, 0.3) is 0 Å². The first kappa shape index (κ1) is 12.5. The lowest BCUT2D eigenvalue weighted by Gasteiger charge is -2.43. The second kappa shape index (κ2) is 5.15. The van der Waals surface area contributed by atoms with E-state index in [9.17, 15) is 0 Å². The van der Waals surface area contributed by atoms with Crippen molar-refractivity contribution < 1.29 is 4.74 Å². The maximum Gasteiger partial charge on any atom is 0.0697 e. The van der Waals surface area contributed by atoms with Gasteiger partial charge in [-0.3, -0.25) is 4.98 Å². The molecule has 1 aliphatic carbocycles. The minimum Gasteiger partial charge on any atom is -0.378 e. The summed E-state index contributed by atoms with van der Waals surface area (Å²) in [5.41, 5.74) is 2.68. The van der Waals surface area contributed by atoms with Gasteiger partial charge in [-0.05, 0) is 56.8 Å². The lowest BCUT2D eigenvalue weighted by atomic mass is 9.74. The molecule has 1 aromatic rings. The van der Waals surface area contributed by atoms with Crippen molar-refractivity contribution in [2.75, 3.05) is 14.2 Å². The molecule has 3 nitrogen and oxygen atoms in total. The van der Waals surface area contributed by atoms with E-state index in [1.165, 1.54) is 30.4 Å². The maximum absolute atomic E-state index is 5.71. The Labute approximate surface area is 104 Å². The molecule has 1 aromatic heterocycles. The lowest BCUT2D eigenvalue weighted by Crippen LogP contribution is -2.42. The molecule has 1 atom stereocenters. The van der Waals surface area contributed by atoms with Gasteiger partial charge in [0.15, 0.2) is 0 Å². The Morgan fingerprint density at radius 3 is 2.76 bits per heavy atom. The molecule has 17 heavy (non-hydrogen) atoms. The molecular formula is C14H22N2O. The normalized spacial score (nSPS) is 19.7. The molecule has 0 spiro atoms. The smallest absolute Gasteiger partial charge is 0.0697 e. The third-order valence-electron chi connectivity index (χ3n) is 4.08. The van der Waals surface area contributed by atoms with E-state index in [2.05, 4.69) is 23.3 Å². The SMILES string of the molecule is CNC(CC1(OC)CCC1)c1cnccc1C. The summed E-state index contributed by atoms with van der Waals surface area (Å²) >= 11 is 0. The van der Waals surface area contributed by atoms with E-state index in [0.717, 1.165) is 6.42 Å². The van der Waals surface area contributed by atoms with Crippen molar-refractivity contribution in [2.24, 2.45) is 0 Å². The van der Waals surface area contributed by atoms with Crippen LogP contribution < -0.4 is 5.32 Å². The van der Waals surface area contributed by atoms with Crippen LogP contribution in [0.1, 0.15) is 42.9 Å². The van der Waals surface area contributed by atoms with Crippen LogP contribution in [-0.4, -0.2) is 24.7 Å². The lowest BCUT2D eigenvalue weighted by molar-refractivity contribution is -0.0834. The summed E-state index contributed by atoms with van der Waals surface area (Å²) in [7, 11) is 3.85. The van der Waals surface area contributed by atoms with Gasteiger partial charge in [-0.25, -0.2) is 0 Å². The zero-order chi connectivity index (χ0) is 12.3. The van der Waals surface area contributed by atoms with Crippen molar-refractivity contribution in [3.63, 3.8) is 0 Å². The second-order valence-corrected chi connectivity index (χ2v) is 5.02. The first-order chi connectivity index (χ1) is 8.21. The molecule has 1 fully saturated rings. The molecule has 0 saturated heterocycles. The summed E-state index contributed by atoms with van der Waals surface area (Å²) < 4.78 is 5.71. The Balaban J connectivity index is 2.14. The van der Waals surface area contributed by atoms with Gasteiger partial charge in [-0.2, -0.15) is 0 Å². The van der Waals surface area contributed by atoms with Crippen LogP contribution in [-0.2, 0) is 4.74 Å². The number of aryl methyl sites for hydroxylation is 1. The minimum absolute atomic E-state index is 0.0932. The van der Waals surface area contributed by atoms with Gasteiger partial charge in [-0.1, -0.05) is 0 Å². The van der Waals surface area contributed by atoms with Crippen molar-refractivity contribution in [3.05, 3.63) is 29.6 Å². The maximum atomic E-state index is 5.71. The van der Waals surface area contributed by atoms with E-state index in [1.807, 2.05) is 26.6 Å². The van der Waals surface area contributed by atoms with E-state index >= 15 is 0 Å². The molecule has 0 aliphatic heterocycles. The van der Waals surface area contributed by atoms with E-state index in [1.54, 1.807) is 0 Å². The minimum atomic E-state index is 0.0932. The Morgan fingerprint density at radius 1 is 1.53 bits per heavy atom. The fourth-order valence-electron chi connectivity index (χ4n) is 2.64. The Morgan fingerprint density at radius 2 is 2.29 bits per heavy atom. The summed E-state index contributed by atoms with van der Waals surface area (Å²) in [6.45, 7) is 2.14. The summed E-state index contributed by atoms with van der Waals surface area (Å²) in [4.78, 5) is 4.23. The molecule has 1 N–H and O–H groups in total. The third-order valence-corrected chi connectivity index (χ3v) is 4.08. The summed E-state index contributed by atoms with van der Waals surface area (Å²) in [5.74, 6) is 0. The monoisotopic (exact) mass is 234 g/mol. The highest BCUT2D eigenvalue weighted by Crippen LogP contribution is 2.42. The van der Waals surface area contributed by atoms with Crippen LogP contribution in [0.25, 0.3) is 0 Å². The van der Waals surface area contributed by atoms with E-state index in [4.69, 9.17) is 4.74 Å². The Hall–Kier alpha value is -0.930. The summed E-state index contributed by atoms with van der Waals surface area (Å²) in [6.07, 6.45) is 8.50. The van der Waals surface area contributed by atoms with Crippen LogP contribution in [0.2, 0.25) is 0 Å². The number of aromatic nitrogens is 1. The summed E-state index contributed by atoms with van der Waals surface area (Å²) in [6, 6.07) is 2.41. The largest absolute Gasteiger partial charge is 0.378 e. The first-order valence-corrected chi connectivity index (χ1v) is 6.34. The summed E-state index contributed by atoms with van der Waals surface area (Å²) in [5, 5.41) is 3.40. The van der Waals surface area contributed by atoms with Crippen LogP contribution in [0.4, 0.5) is 0 Å². The zero-order valence-electron chi connectivity index (χ0n) is 11.0. The number of rotatable bonds is 5.